The smallest absolute Gasteiger partial charge is 0.306 e. The molecule has 1 aliphatic rings. The minimum absolute atomic E-state index is 0.00345. The minimum atomic E-state index is -1.54. The number of hydrogen-bond donors (Lipinski definition) is 2. The van der Waals surface area contributed by atoms with E-state index in [1.165, 1.54) is 12.1 Å². The number of aliphatic hydroxyl groups excluding tert-OH is 1. The van der Waals surface area contributed by atoms with Gasteiger partial charge in [0.25, 0.3) is 5.91 Å². The van der Waals surface area contributed by atoms with E-state index in [0.717, 1.165) is 4.47 Å². The molecule has 0 saturated carbocycles. The van der Waals surface area contributed by atoms with Gasteiger partial charge in [0, 0.05) is 36.0 Å². The molecule has 1 heterocycles. The molecule has 0 unspecified atom stereocenters. The van der Waals surface area contributed by atoms with Crippen LogP contribution >= 0.6 is 15.9 Å². The molecular formula is C33H36BrFN2O6. The number of nitrogens with one attached hydrogen (secondary N) is 1. The number of aliphatic hydroxyl groups is 1. The highest BCUT2D eigenvalue weighted by atomic mass is 79.9. The summed E-state index contributed by atoms with van der Waals surface area (Å²) in [6.45, 7) is 5.81. The van der Waals surface area contributed by atoms with E-state index in [-0.39, 0.29) is 31.9 Å². The Morgan fingerprint density at radius 2 is 1.81 bits per heavy atom. The van der Waals surface area contributed by atoms with Gasteiger partial charge in [-0.05, 0) is 86.8 Å². The van der Waals surface area contributed by atoms with Gasteiger partial charge in [0.2, 0.25) is 5.90 Å². The zero-order chi connectivity index (χ0) is 31.0. The summed E-state index contributed by atoms with van der Waals surface area (Å²) in [5.74, 6) is -0.490. The number of hydrogen-bond acceptors (Lipinski definition) is 7. The quantitative estimate of drug-likeness (QED) is 0.182. The predicted molar refractivity (Wildman–Crippen MR) is 164 cm³/mol. The Balaban J connectivity index is 1.71. The third-order valence-electron chi connectivity index (χ3n) is 6.68. The molecule has 0 aromatic heterocycles. The molecule has 2 N–H and O–H groups in total. The second kappa shape index (κ2) is 14.1. The van der Waals surface area contributed by atoms with E-state index in [1.807, 2.05) is 24.3 Å². The van der Waals surface area contributed by atoms with Gasteiger partial charge in [0.05, 0.1) is 6.61 Å². The molecule has 10 heteroatoms. The number of carbonyl (C=O) groups excluding carboxylic acids is 2. The minimum Gasteiger partial charge on any atom is -0.494 e. The van der Waals surface area contributed by atoms with Crippen LogP contribution in [0.25, 0.3) is 0 Å². The SMILES string of the molecule is CC(C)(C)OC(=O)CC[C@@]1(C(=O)NCc2cccc(F)c2)N=C(c2ccc(OCCCO)cc2)O[C@@H]1c1ccc(Br)cc1. The molecule has 0 spiro atoms. The Morgan fingerprint density at radius 1 is 1.09 bits per heavy atom. The third-order valence-corrected chi connectivity index (χ3v) is 7.20. The number of rotatable bonds is 12. The van der Waals surface area contributed by atoms with Crippen molar-refractivity contribution in [1.82, 2.24) is 5.32 Å². The largest absolute Gasteiger partial charge is 0.494 e. The van der Waals surface area contributed by atoms with Crippen LogP contribution < -0.4 is 10.1 Å². The summed E-state index contributed by atoms with van der Waals surface area (Å²) >= 11 is 3.46. The molecule has 0 fully saturated rings. The van der Waals surface area contributed by atoms with E-state index in [1.54, 1.807) is 57.2 Å². The van der Waals surface area contributed by atoms with Gasteiger partial charge in [-0.25, -0.2) is 9.38 Å². The van der Waals surface area contributed by atoms with Crippen LogP contribution in [0.5, 0.6) is 5.75 Å². The number of esters is 1. The average Bonchev–Trinajstić information content (AvgIpc) is 3.36. The van der Waals surface area contributed by atoms with Gasteiger partial charge in [0.15, 0.2) is 11.6 Å². The Labute approximate surface area is 259 Å². The summed E-state index contributed by atoms with van der Waals surface area (Å²) in [6, 6.07) is 20.4. The van der Waals surface area contributed by atoms with Crippen molar-refractivity contribution in [2.45, 2.75) is 63.8 Å². The highest BCUT2D eigenvalue weighted by molar-refractivity contribution is 9.10. The maximum absolute atomic E-state index is 14.2. The van der Waals surface area contributed by atoms with Gasteiger partial charge in [0.1, 0.15) is 17.2 Å². The summed E-state index contributed by atoms with van der Waals surface area (Å²) in [5.41, 5.74) is -0.347. The first kappa shape index (κ1) is 32.2. The Kier molecular flexibility index (Phi) is 10.6. The molecule has 3 aromatic carbocycles. The lowest BCUT2D eigenvalue weighted by atomic mass is 9.83. The maximum Gasteiger partial charge on any atom is 0.306 e. The number of aliphatic imine (C=N–C) groups is 1. The molecule has 1 aliphatic heterocycles. The Morgan fingerprint density at radius 3 is 2.47 bits per heavy atom. The lowest BCUT2D eigenvalue weighted by molar-refractivity contribution is -0.155. The van der Waals surface area contributed by atoms with Gasteiger partial charge < -0.3 is 24.6 Å². The first-order valence-electron chi connectivity index (χ1n) is 14.1. The molecular weight excluding hydrogens is 619 g/mol. The van der Waals surface area contributed by atoms with Gasteiger partial charge >= 0.3 is 5.97 Å². The van der Waals surface area contributed by atoms with E-state index in [4.69, 9.17) is 24.3 Å². The van der Waals surface area contributed by atoms with Crippen molar-refractivity contribution in [2.24, 2.45) is 4.99 Å². The van der Waals surface area contributed by atoms with E-state index < -0.39 is 34.9 Å². The zero-order valence-electron chi connectivity index (χ0n) is 24.4. The molecule has 4 rings (SSSR count). The van der Waals surface area contributed by atoms with Crippen LogP contribution in [0.2, 0.25) is 0 Å². The van der Waals surface area contributed by atoms with Crippen LogP contribution in [0.4, 0.5) is 4.39 Å². The first-order chi connectivity index (χ1) is 20.5. The summed E-state index contributed by atoms with van der Waals surface area (Å²) in [4.78, 5) is 31.9. The van der Waals surface area contributed by atoms with Crippen molar-refractivity contribution in [3.8, 4) is 5.75 Å². The molecule has 0 bridgehead atoms. The van der Waals surface area contributed by atoms with E-state index in [9.17, 15) is 14.0 Å². The third kappa shape index (κ3) is 8.64. The molecule has 1 amide bonds. The standard InChI is InChI=1S/C33H36BrFN2O6/c1-32(2,3)43-28(39)16-17-33(31(40)36-21-22-6-4-7-26(35)20-22)29(23-8-12-25(34)13-9-23)42-30(37-33)24-10-14-27(15-11-24)41-19-5-18-38/h4,6-15,20,29,38H,5,16-19,21H2,1-3H3,(H,36,40)/t29-,33-/m1/s1. The molecule has 43 heavy (non-hydrogen) atoms. The zero-order valence-corrected chi connectivity index (χ0v) is 26.0. The molecule has 3 aromatic rings. The van der Waals surface area contributed by atoms with Gasteiger partial charge in [-0.3, -0.25) is 9.59 Å². The van der Waals surface area contributed by atoms with Crippen molar-refractivity contribution in [3.63, 3.8) is 0 Å². The molecule has 0 radical (unpaired) electrons. The lowest BCUT2D eigenvalue weighted by Gasteiger charge is -2.31. The predicted octanol–water partition coefficient (Wildman–Crippen LogP) is 6.04. The fourth-order valence-corrected chi connectivity index (χ4v) is 4.94. The highest BCUT2D eigenvalue weighted by Gasteiger charge is 2.53. The van der Waals surface area contributed by atoms with Gasteiger partial charge in [-0.1, -0.05) is 40.2 Å². The summed E-state index contributed by atoms with van der Waals surface area (Å²) < 4.78 is 32.3. The highest BCUT2D eigenvalue weighted by Crippen LogP contribution is 2.43. The first-order valence-corrected chi connectivity index (χ1v) is 14.9. The fraction of sp³-hybridized carbons (Fsp3) is 0.364. The molecule has 0 aliphatic carbocycles. The Bertz CT molecular complexity index is 1440. The van der Waals surface area contributed by atoms with Crippen LogP contribution in [-0.2, 0) is 25.6 Å². The van der Waals surface area contributed by atoms with Crippen LogP contribution in [-0.4, -0.2) is 47.2 Å². The number of amides is 1. The topological polar surface area (TPSA) is 106 Å². The Hall–Kier alpha value is -3.76. The van der Waals surface area contributed by atoms with Gasteiger partial charge in [-0.2, -0.15) is 0 Å². The molecule has 0 saturated heterocycles. The monoisotopic (exact) mass is 654 g/mol. The molecule has 8 nitrogen and oxygen atoms in total. The summed E-state index contributed by atoms with van der Waals surface area (Å²) in [6.07, 6.45) is -0.443. The van der Waals surface area contributed by atoms with E-state index >= 15 is 0 Å². The number of halogens is 2. The number of carbonyl (C=O) groups is 2. The normalized spacial score (nSPS) is 18.0. The van der Waals surface area contributed by atoms with Crippen molar-refractivity contribution in [1.29, 1.82) is 0 Å². The number of benzene rings is 3. The van der Waals surface area contributed by atoms with Crippen LogP contribution in [0.3, 0.4) is 0 Å². The lowest BCUT2D eigenvalue weighted by Crippen LogP contribution is -2.48. The summed E-state index contributed by atoms with van der Waals surface area (Å²) in [7, 11) is 0. The van der Waals surface area contributed by atoms with Crippen molar-refractivity contribution >= 4 is 33.7 Å². The van der Waals surface area contributed by atoms with Crippen LogP contribution in [0, 0.1) is 5.82 Å². The van der Waals surface area contributed by atoms with Crippen molar-refractivity contribution < 1.29 is 33.3 Å². The summed E-state index contributed by atoms with van der Waals surface area (Å²) in [5, 5.41) is 11.9. The van der Waals surface area contributed by atoms with E-state index in [0.29, 0.717) is 35.5 Å². The van der Waals surface area contributed by atoms with E-state index in [2.05, 4.69) is 21.2 Å². The second-order valence-corrected chi connectivity index (χ2v) is 12.2. The average molecular weight is 656 g/mol. The molecule has 228 valence electrons. The fourth-order valence-electron chi connectivity index (χ4n) is 4.68. The van der Waals surface area contributed by atoms with Crippen molar-refractivity contribution in [3.05, 3.63) is 99.8 Å². The van der Waals surface area contributed by atoms with Crippen molar-refractivity contribution in [2.75, 3.05) is 13.2 Å². The number of ether oxygens (including phenoxy) is 3. The van der Waals surface area contributed by atoms with Crippen LogP contribution in [0.1, 0.15) is 62.8 Å². The maximum atomic E-state index is 14.2. The molecule has 2 atom stereocenters. The number of nitrogens with zero attached hydrogens (tertiary/aromatic N) is 1. The van der Waals surface area contributed by atoms with Gasteiger partial charge in [-0.15, -0.1) is 0 Å². The second-order valence-electron chi connectivity index (χ2n) is 11.2. The van der Waals surface area contributed by atoms with Crippen LogP contribution in [0.15, 0.2) is 82.3 Å².